The van der Waals surface area contributed by atoms with Crippen LogP contribution in [0.15, 0.2) is 47.6 Å². The van der Waals surface area contributed by atoms with E-state index < -0.39 is 17.6 Å². The molecule has 0 atom stereocenters. The van der Waals surface area contributed by atoms with Crippen LogP contribution in [0.4, 0.5) is 24.5 Å². The van der Waals surface area contributed by atoms with Crippen molar-refractivity contribution in [3.63, 3.8) is 0 Å². The molecule has 0 radical (unpaired) electrons. The van der Waals surface area contributed by atoms with Crippen molar-refractivity contribution in [2.45, 2.75) is 17.8 Å². The number of amides is 2. The fourth-order valence-electron chi connectivity index (χ4n) is 2.84. The first-order chi connectivity index (χ1) is 16.1. The summed E-state index contributed by atoms with van der Waals surface area (Å²) in [7, 11) is 3.09. The van der Waals surface area contributed by atoms with Gasteiger partial charge in [0.2, 0.25) is 11.8 Å². The number of rotatable bonds is 8. The number of carbonyl (C=O) groups excluding carboxylic acids is 2. The van der Waals surface area contributed by atoms with Gasteiger partial charge < -0.3 is 19.9 Å². The number of carbonyl (C=O) groups is 2. The maximum Gasteiger partial charge on any atom is 0.416 e. The van der Waals surface area contributed by atoms with Crippen LogP contribution in [-0.4, -0.2) is 39.4 Å². The molecule has 8 nitrogen and oxygen atoms in total. The molecule has 2 amide bonds. The van der Waals surface area contributed by atoms with Crippen molar-refractivity contribution in [2.75, 3.05) is 23.5 Å². The number of anilines is 2. The summed E-state index contributed by atoms with van der Waals surface area (Å²) in [6.45, 7) is 0. The molecule has 0 aliphatic rings. The number of thioether (sulfide) groups is 1. The van der Waals surface area contributed by atoms with Crippen LogP contribution in [0.25, 0.3) is 0 Å². The molecule has 3 aromatic rings. The Morgan fingerprint density at radius 1 is 1.12 bits per heavy atom. The zero-order valence-electron chi connectivity index (χ0n) is 17.9. The number of nitrogens with zero attached hydrogens (tertiary/aromatic N) is 3. The molecular formula is C21H19ClF3N5O3S. The zero-order valence-corrected chi connectivity index (χ0v) is 19.5. The zero-order chi connectivity index (χ0) is 24.9. The van der Waals surface area contributed by atoms with Crippen LogP contribution < -0.4 is 15.4 Å². The first kappa shape index (κ1) is 25.4. The summed E-state index contributed by atoms with van der Waals surface area (Å²) in [5, 5.41) is 13.8. The topological polar surface area (TPSA) is 98.1 Å². The molecule has 0 saturated heterocycles. The number of nitrogens with one attached hydrogen (secondary N) is 2. The van der Waals surface area contributed by atoms with Crippen LogP contribution >= 0.6 is 23.4 Å². The molecule has 1 heterocycles. The lowest BCUT2D eigenvalue weighted by Crippen LogP contribution is -2.18. The van der Waals surface area contributed by atoms with Crippen molar-refractivity contribution in [1.82, 2.24) is 14.8 Å². The van der Waals surface area contributed by atoms with Gasteiger partial charge in [-0.05, 0) is 36.4 Å². The lowest BCUT2D eigenvalue weighted by atomic mass is 10.2. The van der Waals surface area contributed by atoms with Gasteiger partial charge in [0.05, 0.1) is 30.5 Å². The Morgan fingerprint density at radius 2 is 1.88 bits per heavy atom. The Hall–Kier alpha value is -3.25. The number of hydrogen-bond donors (Lipinski definition) is 2. The highest BCUT2D eigenvalue weighted by molar-refractivity contribution is 7.99. The summed E-state index contributed by atoms with van der Waals surface area (Å²) < 4.78 is 45.2. The first-order valence-corrected chi connectivity index (χ1v) is 11.0. The second kappa shape index (κ2) is 10.8. The van der Waals surface area contributed by atoms with E-state index in [0.29, 0.717) is 21.6 Å². The second-order valence-corrected chi connectivity index (χ2v) is 8.32. The summed E-state index contributed by atoms with van der Waals surface area (Å²) in [6.07, 6.45) is -4.73. The average Bonchev–Trinajstić information content (AvgIpc) is 3.11. The largest absolute Gasteiger partial charge is 0.495 e. The van der Waals surface area contributed by atoms with Gasteiger partial charge in [0.1, 0.15) is 11.6 Å². The Labute approximate surface area is 201 Å². The van der Waals surface area contributed by atoms with Crippen molar-refractivity contribution in [1.29, 1.82) is 0 Å². The van der Waals surface area contributed by atoms with Crippen LogP contribution in [0.5, 0.6) is 5.75 Å². The third kappa shape index (κ3) is 6.64. The van der Waals surface area contributed by atoms with E-state index in [1.54, 1.807) is 25.2 Å². The fourth-order valence-corrected chi connectivity index (χ4v) is 3.74. The number of hydrogen-bond acceptors (Lipinski definition) is 6. The van der Waals surface area contributed by atoms with Crippen LogP contribution in [-0.2, 0) is 29.2 Å². The smallest absolute Gasteiger partial charge is 0.416 e. The summed E-state index contributed by atoms with van der Waals surface area (Å²) in [6, 6.07) is 9.16. The predicted octanol–water partition coefficient (Wildman–Crippen LogP) is 4.41. The first-order valence-electron chi connectivity index (χ1n) is 9.68. The maximum atomic E-state index is 12.8. The highest BCUT2D eigenvalue weighted by Crippen LogP contribution is 2.31. The molecule has 0 unspecified atom stereocenters. The molecule has 0 bridgehead atoms. The van der Waals surface area contributed by atoms with Gasteiger partial charge in [-0.15, -0.1) is 10.2 Å². The van der Waals surface area contributed by atoms with Gasteiger partial charge in [-0.1, -0.05) is 29.4 Å². The van der Waals surface area contributed by atoms with E-state index in [0.717, 1.165) is 23.9 Å². The minimum Gasteiger partial charge on any atom is -0.495 e. The maximum absolute atomic E-state index is 12.8. The van der Waals surface area contributed by atoms with Crippen LogP contribution in [0.3, 0.4) is 0 Å². The van der Waals surface area contributed by atoms with E-state index in [9.17, 15) is 22.8 Å². The van der Waals surface area contributed by atoms with Gasteiger partial charge in [0.15, 0.2) is 5.16 Å². The third-order valence-corrected chi connectivity index (χ3v) is 5.74. The Morgan fingerprint density at radius 3 is 2.59 bits per heavy atom. The van der Waals surface area contributed by atoms with Crippen molar-refractivity contribution in [2.24, 2.45) is 7.05 Å². The van der Waals surface area contributed by atoms with E-state index in [-0.39, 0.29) is 29.6 Å². The Kier molecular flexibility index (Phi) is 8.05. The average molecular weight is 514 g/mol. The Bertz CT molecular complexity index is 1200. The summed E-state index contributed by atoms with van der Waals surface area (Å²) >= 11 is 7.05. The van der Waals surface area contributed by atoms with E-state index in [4.69, 9.17) is 16.3 Å². The van der Waals surface area contributed by atoms with E-state index in [2.05, 4.69) is 20.8 Å². The quantitative estimate of drug-likeness (QED) is 0.433. The number of alkyl halides is 3. The fraction of sp³-hybridized carbons (Fsp3) is 0.238. The van der Waals surface area contributed by atoms with Crippen LogP contribution in [0.2, 0.25) is 5.02 Å². The van der Waals surface area contributed by atoms with Gasteiger partial charge in [0, 0.05) is 17.8 Å². The molecule has 0 fully saturated rings. The molecule has 2 aromatic carbocycles. The monoisotopic (exact) mass is 513 g/mol. The van der Waals surface area contributed by atoms with Crippen LogP contribution in [0.1, 0.15) is 11.4 Å². The molecule has 3 rings (SSSR count). The number of aromatic nitrogens is 3. The van der Waals surface area contributed by atoms with Gasteiger partial charge in [-0.2, -0.15) is 13.2 Å². The van der Waals surface area contributed by atoms with E-state index in [1.165, 1.54) is 23.8 Å². The minimum absolute atomic E-state index is 0.00191. The van der Waals surface area contributed by atoms with Crippen molar-refractivity contribution in [3.8, 4) is 5.75 Å². The lowest BCUT2D eigenvalue weighted by molar-refractivity contribution is -0.137. The molecule has 1 aromatic heterocycles. The summed E-state index contributed by atoms with van der Waals surface area (Å²) in [4.78, 5) is 24.6. The van der Waals surface area contributed by atoms with Gasteiger partial charge in [-0.3, -0.25) is 9.59 Å². The Balaban J connectivity index is 1.57. The number of benzene rings is 2. The molecule has 180 valence electrons. The number of methoxy groups -OCH3 is 1. The molecule has 0 aliphatic carbocycles. The van der Waals surface area contributed by atoms with Crippen LogP contribution in [0, 0.1) is 0 Å². The normalized spacial score (nSPS) is 11.2. The lowest BCUT2D eigenvalue weighted by Gasteiger charge is -2.10. The molecular weight excluding hydrogens is 495 g/mol. The van der Waals surface area contributed by atoms with E-state index in [1.807, 2.05) is 0 Å². The van der Waals surface area contributed by atoms with E-state index >= 15 is 0 Å². The summed E-state index contributed by atoms with van der Waals surface area (Å²) in [5.41, 5.74) is -0.425. The SMILES string of the molecule is COc1ccc(Cl)cc1NC(=O)CSc1nnc(CC(=O)Nc2cccc(C(F)(F)F)c2)n1C. The molecule has 2 N–H and O–H groups in total. The van der Waals surface area contributed by atoms with Crippen molar-refractivity contribution in [3.05, 3.63) is 58.9 Å². The molecule has 13 heteroatoms. The second-order valence-electron chi connectivity index (χ2n) is 6.94. The number of ether oxygens (including phenoxy) is 1. The predicted molar refractivity (Wildman–Crippen MR) is 122 cm³/mol. The highest BCUT2D eigenvalue weighted by Gasteiger charge is 2.30. The number of halogens is 4. The minimum atomic E-state index is -4.51. The van der Waals surface area contributed by atoms with Gasteiger partial charge in [0.25, 0.3) is 0 Å². The standard InChI is InChI=1S/C21H19ClF3N5O3S/c1-30-17(10-18(31)26-14-5-3-4-12(8-14)21(23,24)25)28-29-20(30)34-11-19(32)27-15-9-13(22)6-7-16(15)33-2/h3-9H,10-11H2,1-2H3,(H,26,31)(H,27,32). The summed E-state index contributed by atoms with van der Waals surface area (Å²) in [5.74, 6) is -0.160. The highest BCUT2D eigenvalue weighted by atomic mass is 35.5. The van der Waals surface area contributed by atoms with Gasteiger partial charge in [-0.25, -0.2) is 0 Å². The molecule has 0 aliphatic heterocycles. The molecule has 0 saturated carbocycles. The van der Waals surface area contributed by atoms with Crippen molar-refractivity contribution >= 4 is 46.6 Å². The molecule has 34 heavy (non-hydrogen) atoms. The third-order valence-electron chi connectivity index (χ3n) is 4.49. The van der Waals surface area contributed by atoms with Crippen molar-refractivity contribution < 1.29 is 27.5 Å². The van der Waals surface area contributed by atoms with Gasteiger partial charge >= 0.3 is 6.18 Å². The molecule has 0 spiro atoms.